The number of aromatic amines is 1. The van der Waals surface area contributed by atoms with E-state index in [1.807, 2.05) is 37.1 Å². The lowest BCUT2D eigenvalue weighted by atomic mass is 10.0. The molecule has 2 N–H and O–H groups in total. The lowest BCUT2D eigenvalue weighted by Gasteiger charge is -2.32. The maximum atomic E-state index is 12.5. The summed E-state index contributed by atoms with van der Waals surface area (Å²) in [4.78, 5) is 18.8. The molecule has 4 rings (SSSR count). The number of likely N-dealkylation sites (tertiary alicyclic amines) is 1. The van der Waals surface area contributed by atoms with Crippen LogP contribution < -0.4 is 5.32 Å². The Labute approximate surface area is 145 Å². The molecular weight excluding hydrogens is 318 g/mol. The second kappa shape index (κ2) is 6.19. The molecule has 3 aromatic rings. The largest absolute Gasteiger partial charge is 0.379 e. The van der Waals surface area contributed by atoms with E-state index in [0.29, 0.717) is 11.7 Å². The van der Waals surface area contributed by atoms with Crippen molar-refractivity contribution >= 4 is 17.2 Å². The molecule has 1 saturated heterocycles. The number of aryl methyl sites for hydroxylation is 2. The van der Waals surface area contributed by atoms with Crippen molar-refractivity contribution in [1.29, 1.82) is 0 Å². The molecule has 0 aliphatic carbocycles. The highest BCUT2D eigenvalue weighted by atomic mass is 16.2. The smallest absolute Gasteiger partial charge is 0.274 e. The zero-order valence-corrected chi connectivity index (χ0v) is 14.4. The number of H-pyrrole nitrogens is 1. The van der Waals surface area contributed by atoms with Crippen LogP contribution in [0.15, 0.2) is 24.4 Å². The minimum Gasteiger partial charge on any atom is -0.379 e. The van der Waals surface area contributed by atoms with Gasteiger partial charge in [-0.05, 0) is 44.9 Å². The van der Waals surface area contributed by atoms with Crippen molar-refractivity contribution < 1.29 is 4.79 Å². The maximum Gasteiger partial charge on any atom is 0.274 e. The Balaban J connectivity index is 1.41. The molecule has 0 aromatic carbocycles. The summed E-state index contributed by atoms with van der Waals surface area (Å²) in [5.41, 5.74) is 3.21. The topological polar surface area (TPSA) is 91.2 Å². The summed E-state index contributed by atoms with van der Waals surface area (Å²) in [6.45, 7) is 5.22. The fourth-order valence-electron chi connectivity index (χ4n) is 3.26. The molecular formula is C17H21N7O. The predicted molar refractivity (Wildman–Crippen MR) is 93.6 cm³/mol. The number of hydrogen-bond acceptors (Lipinski definition) is 5. The lowest BCUT2D eigenvalue weighted by molar-refractivity contribution is 0.0712. The summed E-state index contributed by atoms with van der Waals surface area (Å²) >= 11 is 0. The molecule has 8 nitrogen and oxygen atoms in total. The van der Waals surface area contributed by atoms with E-state index in [4.69, 9.17) is 0 Å². The number of carbonyl (C=O) groups excluding carboxylic acids is 1. The minimum absolute atomic E-state index is 0.00187. The van der Waals surface area contributed by atoms with Crippen LogP contribution in [0.2, 0.25) is 0 Å². The average molecular weight is 339 g/mol. The van der Waals surface area contributed by atoms with Crippen molar-refractivity contribution in [2.24, 2.45) is 0 Å². The SMILES string of the molecule is Cc1nc2c(NC3CCN(C(=O)c4cc(C)[nH]n4)CC3)cccn2n1. The molecule has 1 aliphatic heterocycles. The number of hydrogen-bond donors (Lipinski definition) is 2. The number of nitrogens with one attached hydrogen (secondary N) is 2. The van der Waals surface area contributed by atoms with E-state index in [2.05, 4.69) is 25.6 Å². The van der Waals surface area contributed by atoms with E-state index in [-0.39, 0.29) is 5.91 Å². The van der Waals surface area contributed by atoms with Gasteiger partial charge in [0.2, 0.25) is 0 Å². The second-order valence-corrected chi connectivity index (χ2v) is 6.50. The summed E-state index contributed by atoms with van der Waals surface area (Å²) in [5, 5.41) is 14.8. The zero-order valence-electron chi connectivity index (χ0n) is 14.4. The number of amides is 1. The fourth-order valence-corrected chi connectivity index (χ4v) is 3.26. The van der Waals surface area contributed by atoms with Crippen LogP contribution in [0.3, 0.4) is 0 Å². The summed E-state index contributed by atoms with van der Waals surface area (Å²) < 4.78 is 1.79. The van der Waals surface area contributed by atoms with Crippen LogP contribution in [0.5, 0.6) is 0 Å². The number of carbonyl (C=O) groups is 1. The van der Waals surface area contributed by atoms with Gasteiger partial charge >= 0.3 is 0 Å². The van der Waals surface area contributed by atoms with Gasteiger partial charge in [0.15, 0.2) is 5.65 Å². The number of fused-ring (bicyclic) bond motifs is 1. The van der Waals surface area contributed by atoms with Crippen molar-refractivity contribution in [2.75, 3.05) is 18.4 Å². The molecule has 4 heterocycles. The van der Waals surface area contributed by atoms with Gasteiger partial charge in [0.1, 0.15) is 11.5 Å². The Kier molecular flexibility index (Phi) is 3.87. The molecule has 0 radical (unpaired) electrons. The minimum atomic E-state index is -0.00187. The summed E-state index contributed by atoms with van der Waals surface area (Å²) in [7, 11) is 0. The third kappa shape index (κ3) is 3.07. The molecule has 1 amide bonds. The van der Waals surface area contributed by atoms with Crippen LogP contribution in [0.25, 0.3) is 5.65 Å². The Morgan fingerprint density at radius 3 is 2.84 bits per heavy atom. The van der Waals surface area contributed by atoms with Crippen molar-refractivity contribution in [3.05, 3.63) is 41.6 Å². The number of aromatic nitrogens is 5. The third-order valence-corrected chi connectivity index (χ3v) is 4.54. The van der Waals surface area contributed by atoms with Crippen LogP contribution in [0.4, 0.5) is 5.69 Å². The van der Waals surface area contributed by atoms with Gasteiger partial charge in [0.25, 0.3) is 5.91 Å². The van der Waals surface area contributed by atoms with Crippen LogP contribution >= 0.6 is 0 Å². The quantitative estimate of drug-likeness (QED) is 0.759. The lowest BCUT2D eigenvalue weighted by Crippen LogP contribution is -2.42. The normalized spacial score (nSPS) is 15.7. The maximum absolute atomic E-state index is 12.5. The van der Waals surface area contributed by atoms with Crippen molar-refractivity contribution in [2.45, 2.75) is 32.7 Å². The molecule has 1 aliphatic rings. The Morgan fingerprint density at radius 1 is 1.32 bits per heavy atom. The van der Waals surface area contributed by atoms with Crippen LogP contribution in [0.1, 0.15) is 34.8 Å². The van der Waals surface area contributed by atoms with Crippen LogP contribution in [-0.4, -0.2) is 54.7 Å². The highest BCUT2D eigenvalue weighted by Crippen LogP contribution is 2.21. The molecule has 8 heteroatoms. The van der Waals surface area contributed by atoms with Crippen molar-refractivity contribution in [1.82, 2.24) is 29.7 Å². The molecule has 25 heavy (non-hydrogen) atoms. The Morgan fingerprint density at radius 2 is 2.12 bits per heavy atom. The van der Waals surface area contributed by atoms with Gasteiger partial charge in [-0.1, -0.05) is 0 Å². The summed E-state index contributed by atoms with van der Waals surface area (Å²) in [6, 6.07) is 6.09. The molecule has 0 spiro atoms. The van der Waals surface area contributed by atoms with E-state index in [1.54, 1.807) is 10.6 Å². The van der Waals surface area contributed by atoms with Gasteiger partial charge in [-0.3, -0.25) is 9.89 Å². The molecule has 1 fully saturated rings. The van der Waals surface area contributed by atoms with Gasteiger partial charge in [-0.25, -0.2) is 9.50 Å². The summed E-state index contributed by atoms with van der Waals surface area (Å²) in [5.74, 6) is 0.752. The molecule has 3 aromatic heterocycles. The number of rotatable bonds is 3. The molecule has 0 saturated carbocycles. The highest BCUT2D eigenvalue weighted by molar-refractivity contribution is 5.92. The predicted octanol–water partition coefficient (Wildman–Crippen LogP) is 1.79. The molecule has 0 atom stereocenters. The molecule has 0 unspecified atom stereocenters. The van der Waals surface area contributed by atoms with Gasteiger partial charge in [-0.15, -0.1) is 0 Å². The van der Waals surface area contributed by atoms with Crippen molar-refractivity contribution in [3.63, 3.8) is 0 Å². The fraction of sp³-hybridized carbons (Fsp3) is 0.412. The first kappa shape index (κ1) is 15.6. The number of piperidine rings is 1. The monoisotopic (exact) mass is 339 g/mol. The molecule has 0 bridgehead atoms. The number of nitrogens with zero attached hydrogens (tertiary/aromatic N) is 5. The van der Waals surface area contributed by atoms with E-state index in [1.165, 1.54) is 0 Å². The van der Waals surface area contributed by atoms with Crippen molar-refractivity contribution in [3.8, 4) is 0 Å². The molecule has 130 valence electrons. The van der Waals surface area contributed by atoms with E-state index in [0.717, 1.165) is 48.8 Å². The standard InChI is InChI=1S/C17H21N7O/c1-11-10-15(21-20-11)17(25)23-8-5-13(6-9-23)19-14-4-3-7-24-16(14)18-12(2)22-24/h3-4,7,10,13,19H,5-6,8-9H2,1-2H3,(H,20,21). The van der Waals surface area contributed by atoms with Crippen LogP contribution in [-0.2, 0) is 0 Å². The number of anilines is 1. The van der Waals surface area contributed by atoms with Gasteiger partial charge in [0.05, 0.1) is 5.69 Å². The van der Waals surface area contributed by atoms with Gasteiger partial charge in [-0.2, -0.15) is 10.2 Å². The highest BCUT2D eigenvalue weighted by Gasteiger charge is 2.25. The summed E-state index contributed by atoms with van der Waals surface area (Å²) in [6.07, 6.45) is 3.68. The zero-order chi connectivity index (χ0) is 17.4. The van der Waals surface area contributed by atoms with Gasteiger partial charge in [0, 0.05) is 31.0 Å². The van der Waals surface area contributed by atoms with E-state index < -0.39 is 0 Å². The third-order valence-electron chi connectivity index (χ3n) is 4.54. The first-order valence-electron chi connectivity index (χ1n) is 8.50. The first-order chi connectivity index (χ1) is 12.1. The first-order valence-corrected chi connectivity index (χ1v) is 8.50. The Hall–Kier alpha value is -2.90. The second-order valence-electron chi connectivity index (χ2n) is 6.50. The average Bonchev–Trinajstić information content (AvgIpc) is 3.20. The van der Waals surface area contributed by atoms with E-state index in [9.17, 15) is 4.79 Å². The van der Waals surface area contributed by atoms with E-state index >= 15 is 0 Å². The van der Waals surface area contributed by atoms with Gasteiger partial charge < -0.3 is 10.2 Å². The van der Waals surface area contributed by atoms with Crippen LogP contribution in [0, 0.1) is 13.8 Å². The Bertz CT molecular complexity index is 905. The number of pyridine rings is 1.